The molecule has 84 valence electrons. The van der Waals surface area contributed by atoms with Gasteiger partial charge in [-0.3, -0.25) is 4.79 Å². The first-order chi connectivity index (χ1) is 7.43. The highest BCUT2D eigenvalue weighted by atomic mass is 19.4. The van der Waals surface area contributed by atoms with Crippen molar-refractivity contribution in [3.05, 3.63) is 35.0 Å². The van der Waals surface area contributed by atoms with E-state index in [2.05, 4.69) is 4.98 Å². The number of hydrogen-bond donors (Lipinski definition) is 1. The van der Waals surface area contributed by atoms with Gasteiger partial charge in [0.05, 0.1) is 5.56 Å². The molecule has 1 N–H and O–H groups in total. The average Bonchev–Trinajstić information content (AvgIpc) is 2.54. The van der Waals surface area contributed by atoms with Crippen LogP contribution in [0.3, 0.4) is 0 Å². The first-order valence-corrected chi connectivity index (χ1v) is 4.58. The van der Waals surface area contributed by atoms with Gasteiger partial charge in [0.15, 0.2) is 6.29 Å². The van der Waals surface area contributed by atoms with Gasteiger partial charge in [0.1, 0.15) is 5.69 Å². The number of aldehydes is 1. The first kappa shape index (κ1) is 10.7. The molecule has 2 aromatic rings. The summed E-state index contributed by atoms with van der Waals surface area (Å²) in [5.74, 6) is 0. The van der Waals surface area contributed by atoms with Gasteiger partial charge in [0.2, 0.25) is 0 Å². The second-order valence-corrected chi connectivity index (χ2v) is 3.58. The fourth-order valence-corrected chi connectivity index (χ4v) is 1.68. The Bertz CT molecular complexity index is 554. The molecule has 0 saturated carbocycles. The SMILES string of the molecule is Cc1ccc2c(C=O)c(C(F)(F)F)[nH]c2c1. The number of nitrogens with one attached hydrogen (secondary N) is 1. The van der Waals surface area contributed by atoms with Crippen molar-refractivity contribution in [1.82, 2.24) is 4.98 Å². The summed E-state index contributed by atoms with van der Waals surface area (Å²) in [6, 6.07) is 4.76. The van der Waals surface area contributed by atoms with E-state index >= 15 is 0 Å². The molecule has 0 bridgehead atoms. The van der Waals surface area contributed by atoms with Gasteiger partial charge in [-0.05, 0) is 18.6 Å². The van der Waals surface area contributed by atoms with Crippen molar-refractivity contribution in [2.45, 2.75) is 13.1 Å². The minimum atomic E-state index is -4.54. The van der Waals surface area contributed by atoms with Crippen LogP contribution in [-0.2, 0) is 6.18 Å². The van der Waals surface area contributed by atoms with Crippen LogP contribution in [0.4, 0.5) is 13.2 Å². The maximum Gasteiger partial charge on any atom is 0.431 e. The van der Waals surface area contributed by atoms with E-state index in [-0.39, 0.29) is 11.8 Å². The van der Waals surface area contributed by atoms with Gasteiger partial charge in [0.25, 0.3) is 0 Å². The van der Waals surface area contributed by atoms with Crippen molar-refractivity contribution < 1.29 is 18.0 Å². The van der Waals surface area contributed by atoms with Gasteiger partial charge in [-0.2, -0.15) is 13.2 Å². The Morgan fingerprint density at radius 2 is 2.00 bits per heavy atom. The third-order valence-electron chi connectivity index (χ3n) is 2.40. The van der Waals surface area contributed by atoms with Crippen LogP contribution >= 0.6 is 0 Å². The lowest BCUT2D eigenvalue weighted by molar-refractivity contribution is -0.140. The van der Waals surface area contributed by atoms with Crippen LogP contribution in [0.2, 0.25) is 0 Å². The zero-order valence-electron chi connectivity index (χ0n) is 8.35. The molecule has 0 aliphatic carbocycles. The van der Waals surface area contributed by atoms with E-state index < -0.39 is 11.9 Å². The molecule has 1 aromatic heterocycles. The van der Waals surface area contributed by atoms with Crippen LogP contribution in [0.15, 0.2) is 18.2 Å². The summed E-state index contributed by atoms with van der Waals surface area (Å²) in [4.78, 5) is 13.0. The lowest BCUT2D eigenvalue weighted by Gasteiger charge is -2.03. The number of alkyl halides is 3. The van der Waals surface area contributed by atoms with Gasteiger partial charge in [-0.25, -0.2) is 0 Å². The maximum atomic E-state index is 12.6. The normalized spacial score (nSPS) is 12.0. The van der Waals surface area contributed by atoms with Crippen molar-refractivity contribution in [2.24, 2.45) is 0 Å². The van der Waals surface area contributed by atoms with E-state index in [9.17, 15) is 18.0 Å². The minimum Gasteiger partial charge on any atom is -0.350 e. The average molecular weight is 227 g/mol. The number of aromatic nitrogens is 1. The summed E-state index contributed by atoms with van der Waals surface area (Å²) in [6.45, 7) is 1.77. The second-order valence-electron chi connectivity index (χ2n) is 3.58. The van der Waals surface area contributed by atoms with E-state index in [1.807, 2.05) is 0 Å². The molecule has 2 rings (SSSR count). The number of carbonyl (C=O) groups is 1. The number of benzene rings is 1. The van der Waals surface area contributed by atoms with E-state index in [1.54, 1.807) is 19.1 Å². The van der Waals surface area contributed by atoms with Crippen LogP contribution in [0.25, 0.3) is 10.9 Å². The van der Waals surface area contributed by atoms with E-state index in [4.69, 9.17) is 0 Å². The minimum absolute atomic E-state index is 0.233. The summed E-state index contributed by atoms with van der Waals surface area (Å²) in [5.41, 5.74) is -0.153. The molecule has 1 heterocycles. The third-order valence-corrected chi connectivity index (χ3v) is 2.40. The molecule has 0 saturated heterocycles. The van der Waals surface area contributed by atoms with Crippen LogP contribution < -0.4 is 0 Å². The monoisotopic (exact) mass is 227 g/mol. The van der Waals surface area contributed by atoms with Crippen molar-refractivity contribution in [3.63, 3.8) is 0 Å². The number of halogens is 3. The van der Waals surface area contributed by atoms with Crippen molar-refractivity contribution >= 4 is 17.2 Å². The van der Waals surface area contributed by atoms with Gasteiger partial charge < -0.3 is 4.98 Å². The molecule has 0 aliphatic rings. The number of rotatable bonds is 1. The Labute approximate surface area is 89.1 Å². The standard InChI is InChI=1S/C11H8F3NO/c1-6-2-3-7-8(5-16)10(11(12,13)14)15-9(7)4-6/h2-5,15H,1H3. The topological polar surface area (TPSA) is 32.9 Å². The van der Waals surface area contributed by atoms with Crippen LogP contribution in [-0.4, -0.2) is 11.3 Å². The molecule has 0 atom stereocenters. The Balaban J connectivity index is 2.81. The molecule has 0 radical (unpaired) electrons. The van der Waals surface area contributed by atoms with Gasteiger partial charge >= 0.3 is 6.18 Å². The van der Waals surface area contributed by atoms with Gasteiger partial charge in [-0.1, -0.05) is 12.1 Å². The highest BCUT2D eigenvalue weighted by molar-refractivity contribution is 5.99. The molecular weight excluding hydrogens is 219 g/mol. The molecule has 2 nitrogen and oxygen atoms in total. The Morgan fingerprint density at radius 3 is 2.56 bits per heavy atom. The number of fused-ring (bicyclic) bond motifs is 1. The van der Waals surface area contributed by atoms with E-state index in [0.717, 1.165) is 5.56 Å². The van der Waals surface area contributed by atoms with E-state index in [0.29, 0.717) is 10.9 Å². The number of aromatic amines is 1. The molecule has 16 heavy (non-hydrogen) atoms. The largest absolute Gasteiger partial charge is 0.431 e. The summed E-state index contributed by atoms with van der Waals surface area (Å²) >= 11 is 0. The van der Waals surface area contributed by atoms with E-state index in [1.165, 1.54) is 6.07 Å². The van der Waals surface area contributed by atoms with Crippen LogP contribution in [0, 0.1) is 6.92 Å². The summed E-state index contributed by atoms with van der Waals surface area (Å²) in [5, 5.41) is 0.299. The number of aryl methyl sites for hydroxylation is 1. The Morgan fingerprint density at radius 1 is 1.31 bits per heavy atom. The third kappa shape index (κ3) is 1.58. The smallest absolute Gasteiger partial charge is 0.350 e. The molecular formula is C11H8F3NO. The summed E-state index contributed by atoms with van der Waals surface area (Å²) < 4.78 is 37.8. The molecule has 0 fully saturated rings. The summed E-state index contributed by atoms with van der Waals surface area (Å²) in [7, 11) is 0. The highest BCUT2D eigenvalue weighted by Gasteiger charge is 2.36. The first-order valence-electron chi connectivity index (χ1n) is 4.58. The predicted molar refractivity (Wildman–Crippen MR) is 53.4 cm³/mol. The molecule has 0 aliphatic heterocycles. The Kier molecular flexibility index (Phi) is 2.26. The highest BCUT2D eigenvalue weighted by Crippen LogP contribution is 2.34. The van der Waals surface area contributed by atoms with Gasteiger partial charge in [0, 0.05) is 10.9 Å². The number of carbonyl (C=O) groups excluding carboxylic acids is 1. The zero-order valence-corrected chi connectivity index (χ0v) is 8.35. The lowest BCUT2D eigenvalue weighted by Crippen LogP contribution is -2.08. The molecule has 1 aromatic carbocycles. The van der Waals surface area contributed by atoms with Crippen molar-refractivity contribution in [2.75, 3.05) is 0 Å². The second kappa shape index (κ2) is 3.37. The molecule has 5 heteroatoms. The fourth-order valence-electron chi connectivity index (χ4n) is 1.68. The Hall–Kier alpha value is -1.78. The zero-order chi connectivity index (χ0) is 11.9. The number of hydrogen-bond acceptors (Lipinski definition) is 1. The maximum absolute atomic E-state index is 12.6. The van der Waals surface area contributed by atoms with Gasteiger partial charge in [-0.15, -0.1) is 0 Å². The number of H-pyrrole nitrogens is 1. The molecule has 0 spiro atoms. The molecule has 0 unspecified atom stereocenters. The lowest BCUT2D eigenvalue weighted by atomic mass is 10.1. The quantitative estimate of drug-likeness (QED) is 0.745. The molecule has 0 amide bonds. The van der Waals surface area contributed by atoms with Crippen LogP contribution in [0.5, 0.6) is 0 Å². The fraction of sp³-hybridized carbons (Fsp3) is 0.182. The van der Waals surface area contributed by atoms with Crippen LogP contribution in [0.1, 0.15) is 21.6 Å². The summed E-state index contributed by atoms with van der Waals surface area (Å²) in [6.07, 6.45) is -4.31. The van der Waals surface area contributed by atoms with Crippen molar-refractivity contribution in [3.8, 4) is 0 Å². The van der Waals surface area contributed by atoms with Crippen molar-refractivity contribution in [1.29, 1.82) is 0 Å². The predicted octanol–water partition coefficient (Wildman–Crippen LogP) is 3.31.